The van der Waals surface area contributed by atoms with E-state index in [4.69, 9.17) is 0 Å². The number of hydrogen-bond donors (Lipinski definition) is 2. The highest BCUT2D eigenvalue weighted by Crippen LogP contribution is 2.39. The molecule has 0 spiro atoms. The Kier molecular flexibility index (Phi) is 5.34. The average Bonchev–Trinajstić information content (AvgIpc) is 3.18. The summed E-state index contributed by atoms with van der Waals surface area (Å²) in [6, 6.07) is 8.63. The molecule has 0 saturated heterocycles. The van der Waals surface area contributed by atoms with Gasteiger partial charge in [-0.3, -0.25) is 0 Å². The third-order valence-corrected chi connectivity index (χ3v) is 6.47. The van der Waals surface area contributed by atoms with Gasteiger partial charge in [-0.15, -0.1) is 13.2 Å². The van der Waals surface area contributed by atoms with E-state index in [1.165, 1.54) is 36.9 Å². The summed E-state index contributed by atoms with van der Waals surface area (Å²) in [5.74, 6) is -1.54. The van der Waals surface area contributed by atoms with Crippen LogP contribution in [0.2, 0.25) is 0 Å². The second-order valence-corrected chi connectivity index (χ2v) is 8.45. The SMILES string of the molecule is O=S(=O)(c1ccccc1)N(c1cccc(C(O)c2c[nH]c3ncncc23)c1F)C(F)(F)F. The summed E-state index contributed by atoms with van der Waals surface area (Å²) >= 11 is 0. The highest BCUT2D eigenvalue weighted by molar-refractivity contribution is 7.92. The van der Waals surface area contributed by atoms with E-state index in [-0.39, 0.29) is 5.56 Å². The summed E-state index contributed by atoms with van der Waals surface area (Å²) < 4.78 is 81.6. The topological polar surface area (TPSA) is 99.2 Å². The second-order valence-electron chi connectivity index (χ2n) is 6.66. The molecule has 7 nitrogen and oxygen atoms in total. The largest absolute Gasteiger partial charge is 0.498 e. The van der Waals surface area contributed by atoms with Crippen LogP contribution in [-0.4, -0.2) is 34.8 Å². The van der Waals surface area contributed by atoms with E-state index in [9.17, 15) is 26.7 Å². The molecule has 0 bridgehead atoms. The van der Waals surface area contributed by atoms with Crippen molar-refractivity contribution >= 4 is 26.7 Å². The number of nitrogens with one attached hydrogen (secondary N) is 1. The Labute approximate surface area is 179 Å². The minimum Gasteiger partial charge on any atom is -0.383 e. The van der Waals surface area contributed by atoms with E-state index in [0.29, 0.717) is 17.1 Å². The fourth-order valence-electron chi connectivity index (χ4n) is 3.28. The van der Waals surface area contributed by atoms with Crippen molar-refractivity contribution in [3.05, 3.63) is 84.2 Å². The van der Waals surface area contributed by atoms with Crippen LogP contribution < -0.4 is 4.31 Å². The molecule has 4 rings (SSSR count). The Balaban J connectivity index is 1.86. The fraction of sp³-hybridized carbons (Fsp3) is 0.100. The summed E-state index contributed by atoms with van der Waals surface area (Å²) in [6.07, 6.45) is -3.29. The second kappa shape index (κ2) is 7.88. The van der Waals surface area contributed by atoms with Gasteiger partial charge in [0.15, 0.2) is 5.82 Å². The number of anilines is 1. The Morgan fingerprint density at radius 3 is 2.44 bits per heavy atom. The van der Waals surface area contributed by atoms with Crippen molar-refractivity contribution in [3.63, 3.8) is 0 Å². The van der Waals surface area contributed by atoms with Gasteiger partial charge in [0.25, 0.3) is 10.0 Å². The molecule has 2 aromatic heterocycles. The molecule has 0 saturated carbocycles. The molecule has 32 heavy (non-hydrogen) atoms. The van der Waals surface area contributed by atoms with Gasteiger partial charge in [0, 0.05) is 28.9 Å². The van der Waals surface area contributed by atoms with E-state index >= 15 is 4.39 Å². The van der Waals surface area contributed by atoms with Gasteiger partial charge in [-0.1, -0.05) is 30.3 Å². The number of alkyl halides is 3. The van der Waals surface area contributed by atoms with Crippen molar-refractivity contribution in [3.8, 4) is 0 Å². The third-order valence-electron chi connectivity index (χ3n) is 4.72. The van der Waals surface area contributed by atoms with Crippen LogP contribution in [-0.2, 0) is 10.0 Å². The molecule has 12 heteroatoms. The first-order valence-electron chi connectivity index (χ1n) is 9.03. The zero-order chi connectivity index (χ0) is 23.1. The Hall–Kier alpha value is -3.51. The molecule has 2 heterocycles. The monoisotopic (exact) mass is 466 g/mol. The van der Waals surface area contributed by atoms with Gasteiger partial charge in [0.1, 0.15) is 18.1 Å². The van der Waals surface area contributed by atoms with Crippen LogP contribution in [0.15, 0.2) is 72.1 Å². The molecule has 2 N–H and O–H groups in total. The van der Waals surface area contributed by atoms with E-state index < -0.39 is 48.7 Å². The summed E-state index contributed by atoms with van der Waals surface area (Å²) in [7, 11) is -5.20. The maximum atomic E-state index is 15.3. The first kappa shape index (κ1) is 21.7. The van der Waals surface area contributed by atoms with Gasteiger partial charge < -0.3 is 10.1 Å². The number of fused-ring (bicyclic) bond motifs is 1. The summed E-state index contributed by atoms with van der Waals surface area (Å²) in [5, 5.41) is 11.1. The lowest BCUT2D eigenvalue weighted by atomic mass is 10.0. The maximum Gasteiger partial charge on any atom is 0.498 e. The molecule has 0 aliphatic heterocycles. The lowest BCUT2D eigenvalue weighted by molar-refractivity contribution is -0.116. The lowest BCUT2D eigenvalue weighted by Gasteiger charge is -2.27. The molecule has 4 aromatic rings. The summed E-state index contributed by atoms with van der Waals surface area (Å²) in [4.78, 5) is 9.83. The molecule has 0 aliphatic carbocycles. The normalized spacial score (nSPS) is 13.3. The minimum absolute atomic E-state index is 0.112. The standard InChI is InChI=1S/C20H14F4N4O3S/c21-17-13(18(29)14-10-26-19-15(14)9-25-11-27-19)7-4-8-16(17)28(20(22,23)24)32(30,31)12-5-2-1-3-6-12/h1-11,18,29H,(H,25,26,27). The molecule has 2 aromatic carbocycles. The van der Waals surface area contributed by atoms with E-state index in [2.05, 4.69) is 15.0 Å². The van der Waals surface area contributed by atoms with Crippen molar-refractivity contribution in [1.82, 2.24) is 15.0 Å². The fourth-order valence-corrected chi connectivity index (χ4v) is 4.66. The molecular weight excluding hydrogens is 452 g/mol. The molecule has 0 amide bonds. The third kappa shape index (κ3) is 3.67. The van der Waals surface area contributed by atoms with Crippen LogP contribution in [0, 0.1) is 5.82 Å². The number of aliphatic hydroxyl groups excluding tert-OH is 1. The van der Waals surface area contributed by atoms with Gasteiger partial charge in [-0.2, -0.15) is 4.31 Å². The number of aliphatic hydroxyl groups is 1. The number of H-pyrrole nitrogens is 1. The number of aromatic nitrogens is 3. The van der Waals surface area contributed by atoms with Gasteiger partial charge in [-0.05, 0) is 18.2 Å². The molecule has 1 unspecified atom stereocenters. The number of nitrogens with zero attached hydrogens (tertiary/aromatic N) is 3. The zero-order valence-corrected chi connectivity index (χ0v) is 16.8. The first-order valence-corrected chi connectivity index (χ1v) is 10.5. The molecular formula is C20H14F4N4O3S. The van der Waals surface area contributed by atoms with E-state index in [1.54, 1.807) is 0 Å². The van der Waals surface area contributed by atoms with Crippen molar-refractivity contribution in [2.24, 2.45) is 0 Å². The number of benzene rings is 2. The highest BCUT2D eigenvalue weighted by Gasteiger charge is 2.48. The zero-order valence-electron chi connectivity index (χ0n) is 16.0. The number of halogens is 4. The Bertz CT molecular complexity index is 1370. The number of hydrogen-bond acceptors (Lipinski definition) is 5. The average molecular weight is 466 g/mol. The van der Waals surface area contributed by atoms with E-state index in [0.717, 1.165) is 24.3 Å². The van der Waals surface area contributed by atoms with Crippen LogP contribution in [0.25, 0.3) is 11.0 Å². The number of aromatic amines is 1. The smallest absolute Gasteiger partial charge is 0.383 e. The van der Waals surface area contributed by atoms with Crippen LogP contribution >= 0.6 is 0 Å². The van der Waals surface area contributed by atoms with Crippen LogP contribution in [0.3, 0.4) is 0 Å². The van der Waals surface area contributed by atoms with Gasteiger partial charge in [0.2, 0.25) is 0 Å². The van der Waals surface area contributed by atoms with Crippen molar-refractivity contribution in [1.29, 1.82) is 0 Å². The van der Waals surface area contributed by atoms with Crippen molar-refractivity contribution in [2.75, 3.05) is 4.31 Å². The highest BCUT2D eigenvalue weighted by atomic mass is 32.2. The predicted octanol–water partition coefficient (Wildman–Crippen LogP) is 3.89. The molecule has 0 radical (unpaired) electrons. The van der Waals surface area contributed by atoms with Gasteiger partial charge in [0.05, 0.1) is 10.6 Å². The van der Waals surface area contributed by atoms with Crippen LogP contribution in [0.4, 0.5) is 23.2 Å². The Morgan fingerprint density at radius 1 is 1.03 bits per heavy atom. The van der Waals surface area contributed by atoms with Crippen molar-refractivity contribution < 1.29 is 31.1 Å². The van der Waals surface area contributed by atoms with Gasteiger partial charge >= 0.3 is 6.30 Å². The molecule has 0 aliphatic rings. The van der Waals surface area contributed by atoms with E-state index in [1.807, 2.05) is 0 Å². The van der Waals surface area contributed by atoms with Crippen LogP contribution in [0.5, 0.6) is 0 Å². The van der Waals surface area contributed by atoms with Crippen LogP contribution in [0.1, 0.15) is 17.2 Å². The first-order chi connectivity index (χ1) is 15.1. The minimum atomic E-state index is -5.48. The van der Waals surface area contributed by atoms with Crippen molar-refractivity contribution in [2.45, 2.75) is 17.3 Å². The number of rotatable bonds is 5. The Morgan fingerprint density at radius 2 is 1.75 bits per heavy atom. The molecule has 166 valence electrons. The quantitative estimate of drug-likeness (QED) is 0.343. The summed E-state index contributed by atoms with van der Waals surface area (Å²) in [5.41, 5.74) is -1.38. The van der Waals surface area contributed by atoms with Gasteiger partial charge in [-0.25, -0.2) is 22.8 Å². The predicted molar refractivity (Wildman–Crippen MR) is 107 cm³/mol. The maximum absolute atomic E-state index is 15.3. The summed E-state index contributed by atoms with van der Waals surface area (Å²) in [6.45, 7) is 0. The molecule has 1 atom stereocenters. The lowest BCUT2D eigenvalue weighted by Crippen LogP contribution is -2.43. The number of sulfonamides is 1. The molecule has 0 fully saturated rings.